The van der Waals surface area contributed by atoms with Crippen molar-refractivity contribution in [1.82, 2.24) is 9.47 Å². The first kappa shape index (κ1) is 28.2. The third-order valence-corrected chi connectivity index (χ3v) is 8.44. The minimum absolute atomic E-state index is 0.170. The summed E-state index contributed by atoms with van der Waals surface area (Å²) in [5.74, 6) is 1.62. The molecule has 0 saturated carbocycles. The Morgan fingerprint density at radius 3 is 2.39 bits per heavy atom. The Morgan fingerprint density at radius 1 is 1.00 bits per heavy atom. The smallest absolute Gasteiger partial charge is 0.271 e. The van der Waals surface area contributed by atoms with E-state index in [1.54, 1.807) is 42.9 Å². The average molecular weight is 572 g/mol. The van der Waals surface area contributed by atoms with Gasteiger partial charge in [-0.1, -0.05) is 41.7 Å². The molecular weight excluding hydrogens is 538 g/mol. The molecule has 1 atom stereocenters. The Hall–Kier alpha value is -4.37. The Morgan fingerprint density at radius 2 is 1.71 bits per heavy atom. The van der Waals surface area contributed by atoms with E-state index in [9.17, 15) is 9.59 Å². The molecule has 8 nitrogen and oxygen atoms in total. The van der Waals surface area contributed by atoms with Gasteiger partial charge in [0.25, 0.3) is 11.5 Å². The van der Waals surface area contributed by atoms with E-state index in [2.05, 4.69) is 0 Å². The summed E-state index contributed by atoms with van der Waals surface area (Å²) in [5.41, 5.74) is 2.19. The van der Waals surface area contributed by atoms with E-state index in [4.69, 9.17) is 19.2 Å². The number of allylic oxidation sites excluding steroid dienone is 1. The number of hydrogen-bond acceptors (Lipinski definition) is 7. The highest BCUT2D eigenvalue weighted by atomic mass is 32.1. The van der Waals surface area contributed by atoms with Crippen molar-refractivity contribution in [2.45, 2.75) is 26.8 Å². The zero-order chi connectivity index (χ0) is 29.3. The summed E-state index contributed by atoms with van der Waals surface area (Å²) in [6, 6.07) is 16.5. The van der Waals surface area contributed by atoms with Crippen LogP contribution in [0.25, 0.3) is 16.8 Å². The lowest BCUT2D eigenvalue weighted by Gasteiger charge is -2.30. The maximum Gasteiger partial charge on any atom is 0.271 e. The molecule has 3 aromatic carbocycles. The average Bonchev–Trinajstić information content (AvgIpc) is 3.30. The number of carbonyl (C=O) groups excluding carboxylic acids is 1. The van der Waals surface area contributed by atoms with Crippen LogP contribution >= 0.6 is 11.3 Å². The molecule has 9 heteroatoms. The molecule has 1 aliphatic heterocycles. The summed E-state index contributed by atoms with van der Waals surface area (Å²) in [4.78, 5) is 35.3. The number of rotatable bonds is 8. The highest BCUT2D eigenvalue weighted by Crippen LogP contribution is 2.38. The topological polar surface area (TPSA) is 82.4 Å². The molecule has 1 aromatic heterocycles. The predicted molar refractivity (Wildman–Crippen MR) is 162 cm³/mol. The van der Waals surface area contributed by atoms with Crippen LogP contribution in [0.1, 0.15) is 37.9 Å². The molecule has 0 saturated heterocycles. The highest BCUT2D eigenvalue weighted by Gasteiger charge is 2.36. The molecule has 1 aliphatic rings. The molecule has 0 fully saturated rings. The van der Waals surface area contributed by atoms with Crippen LogP contribution in [0, 0.1) is 0 Å². The van der Waals surface area contributed by atoms with Gasteiger partial charge in [0.15, 0.2) is 4.80 Å². The van der Waals surface area contributed by atoms with Crippen LogP contribution in [0.15, 0.2) is 75.7 Å². The molecule has 0 radical (unpaired) electrons. The monoisotopic (exact) mass is 571 g/mol. The van der Waals surface area contributed by atoms with E-state index in [1.807, 2.05) is 69.3 Å². The van der Waals surface area contributed by atoms with Gasteiger partial charge in [-0.15, -0.1) is 0 Å². The third kappa shape index (κ3) is 4.91. The van der Waals surface area contributed by atoms with Gasteiger partial charge in [-0.25, -0.2) is 4.99 Å². The van der Waals surface area contributed by atoms with Crippen LogP contribution in [0.3, 0.4) is 0 Å². The van der Waals surface area contributed by atoms with Crippen molar-refractivity contribution in [1.29, 1.82) is 0 Å². The first-order chi connectivity index (χ1) is 19.9. The van der Waals surface area contributed by atoms with Gasteiger partial charge in [-0.05, 0) is 61.9 Å². The molecule has 2 heterocycles. The Balaban J connectivity index is 1.83. The molecule has 5 rings (SSSR count). The van der Waals surface area contributed by atoms with Crippen molar-refractivity contribution in [3.05, 3.63) is 96.7 Å². The fourth-order valence-electron chi connectivity index (χ4n) is 5.36. The number of nitrogens with zero attached hydrogens (tertiary/aromatic N) is 3. The molecule has 0 aliphatic carbocycles. The van der Waals surface area contributed by atoms with Crippen LogP contribution in [0.2, 0.25) is 0 Å². The lowest BCUT2D eigenvalue weighted by molar-refractivity contribution is -0.127. The van der Waals surface area contributed by atoms with Crippen molar-refractivity contribution in [3.63, 3.8) is 0 Å². The van der Waals surface area contributed by atoms with Gasteiger partial charge in [0.2, 0.25) is 0 Å². The van der Waals surface area contributed by atoms with Gasteiger partial charge >= 0.3 is 0 Å². The highest BCUT2D eigenvalue weighted by molar-refractivity contribution is 7.07. The minimum atomic E-state index is -0.763. The van der Waals surface area contributed by atoms with Crippen molar-refractivity contribution in [2.75, 3.05) is 34.4 Å². The van der Waals surface area contributed by atoms with Crippen LogP contribution in [-0.4, -0.2) is 49.8 Å². The van der Waals surface area contributed by atoms with E-state index in [0.29, 0.717) is 56.5 Å². The van der Waals surface area contributed by atoms with Gasteiger partial charge in [0, 0.05) is 24.2 Å². The minimum Gasteiger partial charge on any atom is -0.497 e. The van der Waals surface area contributed by atoms with Crippen molar-refractivity contribution in [2.24, 2.45) is 4.99 Å². The molecule has 0 unspecified atom stereocenters. The molecule has 4 aromatic rings. The number of benzene rings is 3. The normalized spacial score (nSPS) is 15.0. The van der Waals surface area contributed by atoms with Crippen molar-refractivity contribution < 1.29 is 19.0 Å². The van der Waals surface area contributed by atoms with E-state index >= 15 is 0 Å². The van der Waals surface area contributed by atoms with E-state index in [-0.39, 0.29) is 11.5 Å². The van der Waals surface area contributed by atoms with Gasteiger partial charge in [0.05, 0.1) is 37.1 Å². The van der Waals surface area contributed by atoms with Crippen molar-refractivity contribution >= 4 is 34.1 Å². The third-order valence-electron chi connectivity index (χ3n) is 7.46. The Bertz CT molecular complexity index is 1850. The molecule has 212 valence electrons. The lowest BCUT2D eigenvalue weighted by atomic mass is 9.93. The van der Waals surface area contributed by atoms with Crippen LogP contribution in [-0.2, 0) is 4.79 Å². The SMILES string of the molecule is CCN(CC)C(=O)C1=C(C)N=c2s/c(=C/c3c(OC)ccc4ccccc34)c(=O)n2[C@@H]1c1cc(OC)ccc1OC. The molecular formula is C32H33N3O5S. The number of methoxy groups -OCH3 is 3. The maximum atomic E-state index is 14.3. The number of carbonyl (C=O) groups is 1. The van der Waals surface area contributed by atoms with Crippen LogP contribution < -0.4 is 29.1 Å². The van der Waals surface area contributed by atoms with Gasteiger partial charge in [-0.2, -0.15) is 0 Å². The van der Waals surface area contributed by atoms with Crippen molar-refractivity contribution in [3.8, 4) is 17.2 Å². The number of hydrogen-bond donors (Lipinski definition) is 0. The first-order valence-electron chi connectivity index (χ1n) is 13.5. The standard InChI is InChI=1S/C32H33N3O5S/c1-7-34(8-2)31(37)28-19(3)33-32-35(29(28)24-17-21(38-4)14-16-26(24)40-6)30(36)27(41-32)18-23-22-12-10-9-11-20(22)13-15-25(23)39-5/h9-18,29H,7-8H2,1-6H3/b27-18+/t29-/m1/s1. The van der Waals surface area contributed by atoms with E-state index < -0.39 is 6.04 Å². The largest absolute Gasteiger partial charge is 0.497 e. The lowest BCUT2D eigenvalue weighted by Crippen LogP contribution is -2.43. The van der Waals surface area contributed by atoms with Gasteiger partial charge in [0.1, 0.15) is 23.3 Å². The quantitative estimate of drug-likeness (QED) is 0.315. The molecule has 0 spiro atoms. The fraction of sp³-hybridized carbons (Fsp3) is 0.281. The summed E-state index contributed by atoms with van der Waals surface area (Å²) in [5, 5.41) is 2.01. The zero-order valence-corrected chi connectivity index (χ0v) is 24.9. The fourth-order valence-corrected chi connectivity index (χ4v) is 6.39. The Labute approximate surface area is 242 Å². The van der Waals surface area contributed by atoms with Gasteiger partial charge < -0.3 is 19.1 Å². The zero-order valence-electron chi connectivity index (χ0n) is 24.1. The summed E-state index contributed by atoms with van der Waals surface area (Å²) in [7, 11) is 4.77. The van der Waals surface area contributed by atoms with E-state index in [0.717, 1.165) is 16.3 Å². The summed E-state index contributed by atoms with van der Waals surface area (Å²) in [6.45, 7) is 6.75. The van der Waals surface area contributed by atoms with E-state index in [1.165, 1.54) is 11.3 Å². The number of aromatic nitrogens is 1. The second-order valence-electron chi connectivity index (χ2n) is 9.57. The number of amides is 1. The number of thiazole rings is 1. The number of ether oxygens (including phenoxy) is 3. The van der Waals surface area contributed by atoms with Crippen LogP contribution in [0.5, 0.6) is 17.2 Å². The number of fused-ring (bicyclic) bond motifs is 2. The molecule has 41 heavy (non-hydrogen) atoms. The molecule has 1 amide bonds. The molecule has 0 bridgehead atoms. The molecule has 0 N–H and O–H groups in total. The Kier molecular flexibility index (Phi) is 7.99. The second kappa shape index (κ2) is 11.6. The number of likely N-dealkylation sites (N-methyl/N-ethyl adjacent to an activating group) is 1. The summed E-state index contributed by atoms with van der Waals surface area (Å²) in [6.07, 6.45) is 1.86. The summed E-state index contributed by atoms with van der Waals surface area (Å²) >= 11 is 1.29. The summed E-state index contributed by atoms with van der Waals surface area (Å²) < 4.78 is 19.0. The van der Waals surface area contributed by atoms with Gasteiger partial charge in [-0.3, -0.25) is 14.2 Å². The maximum absolute atomic E-state index is 14.3. The first-order valence-corrected chi connectivity index (χ1v) is 14.3. The van der Waals surface area contributed by atoms with Crippen LogP contribution in [0.4, 0.5) is 0 Å². The second-order valence-corrected chi connectivity index (χ2v) is 10.6. The predicted octanol–water partition coefficient (Wildman–Crippen LogP) is 4.28.